The van der Waals surface area contributed by atoms with Crippen LogP contribution in [-0.2, 0) is 24.2 Å². The van der Waals surface area contributed by atoms with Crippen LogP contribution in [0.2, 0.25) is 0 Å². The van der Waals surface area contributed by atoms with E-state index in [4.69, 9.17) is 0 Å². The summed E-state index contributed by atoms with van der Waals surface area (Å²) in [6.07, 6.45) is 6.04. The first-order valence-electron chi connectivity index (χ1n) is 9.17. The molecule has 1 N–H and O–H groups in total. The van der Waals surface area contributed by atoms with Crippen molar-refractivity contribution >= 4 is 45.0 Å². The number of benzene rings is 1. The summed E-state index contributed by atoms with van der Waals surface area (Å²) < 4.78 is 1.55. The van der Waals surface area contributed by atoms with Gasteiger partial charge in [0.1, 0.15) is 0 Å². The summed E-state index contributed by atoms with van der Waals surface area (Å²) in [5.41, 5.74) is 1.62. The molecule has 0 unspecified atom stereocenters. The Bertz CT molecular complexity index is 1080. The Morgan fingerprint density at radius 3 is 2.93 bits per heavy atom. The maximum absolute atomic E-state index is 12.7. The molecule has 1 amide bonds. The predicted molar refractivity (Wildman–Crippen MR) is 114 cm³/mol. The van der Waals surface area contributed by atoms with Crippen LogP contribution < -0.4 is 10.9 Å². The van der Waals surface area contributed by atoms with Gasteiger partial charge in [-0.2, -0.15) is 0 Å². The molecule has 0 saturated carbocycles. The molecule has 2 heterocycles. The van der Waals surface area contributed by atoms with E-state index in [0.29, 0.717) is 27.7 Å². The number of fused-ring (bicyclic) bond motifs is 2. The Morgan fingerprint density at radius 2 is 2.11 bits per heavy atom. The number of rotatable bonds is 6. The standard InChI is InChI=1S/C20H20N4O2S2/c1-2-11-24-18(26)13-7-3-4-8-14(13)22-20(24)27-12-17(25)23-19-21-15-9-5-6-10-16(15)28-19/h2-4,7-8H,1,5-6,9-12H2,(H,21,23,25). The molecule has 0 bridgehead atoms. The van der Waals surface area contributed by atoms with Crippen LogP contribution in [0.1, 0.15) is 23.4 Å². The van der Waals surface area contributed by atoms with Crippen molar-refractivity contribution in [3.63, 3.8) is 0 Å². The monoisotopic (exact) mass is 412 g/mol. The third kappa shape index (κ3) is 3.88. The van der Waals surface area contributed by atoms with Crippen LogP contribution in [-0.4, -0.2) is 26.2 Å². The number of aryl methyl sites for hydroxylation is 2. The van der Waals surface area contributed by atoms with E-state index in [2.05, 4.69) is 21.9 Å². The highest BCUT2D eigenvalue weighted by Gasteiger charge is 2.17. The minimum absolute atomic E-state index is 0.124. The molecule has 1 aromatic carbocycles. The number of nitrogens with zero attached hydrogens (tertiary/aromatic N) is 3. The van der Waals surface area contributed by atoms with Gasteiger partial charge in [0.05, 0.1) is 22.3 Å². The number of para-hydroxylation sites is 1. The summed E-state index contributed by atoms with van der Waals surface area (Å²) in [6.45, 7) is 4.07. The van der Waals surface area contributed by atoms with Crippen molar-refractivity contribution < 1.29 is 4.79 Å². The quantitative estimate of drug-likeness (QED) is 0.380. The zero-order chi connectivity index (χ0) is 19.5. The molecule has 144 valence electrons. The second-order valence-electron chi connectivity index (χ2n) is 6.55. The van der Waals surface area contributed by atoms with E-state index in [1.807, 2.05) is 12.1 Å². The van der Waals surface area contributed by atoms with Gasteiger partial charge in [-0.15, -0.1) is 17.9 Å². The van der Waals surface area contributed by atoms with E-state index < -0.39 is 0 Å². The molecule has 0 radical (unpaired) electrons. The molecule has 0 saturated heterocycles. The van der Waals surface area contributed by atoms with Crippen molar-refractivity contribution in [3.8, 4) is 0 Å². The summed E-state index contributed by atoms with van der Waals surface area (Å²) in [4.78, 5) is 35.6. The third-order valence-electron chi connectivity index (χ3n) is 4.56. The topological polar surface area (TPSA) is 76.9 Å². The number of allylic oxidation sites excluding steroid dienone is 1. The summed E-state index contributed by atoms with van der Waals surface area (Å²) in [5, 5.41) is 4.62. The molecule has 4 rings (SSSR count). The Labute approximate surface area is 170 Å². The number of nitrogens with one attached hydrogen (secondary N) is 1. The molecule has 1 aliphatic carbocycles. The zero-order valence-electron chi connectivity index (χ0n) is 15.3. The van der Waals surface area contributed by atoms with Gasteiger partial charge in [-0.1, -0.05) is 30.0 Å². The maximum atomic E-state index is 12.7. The molecule has 28 heavy (non-hydrogen) atoms. The molecule has 6 nitrogen and oxygen atoms in total. The van der Waals surface area contributed by atoms with E-state index in [1.54, 1.807) is 34.1 Å². The molecule has 0 spiro atoms. The van der Waals surface area contributed by atoms with Crippen molar-refractivity contribution in [2.24, 2.45) is 0 Å². The second-order valence-corrected chi connectivity index (χ2v) is 8.57. The van der Waals surface area contributed by atoms with Crippen molar-refractivity contribution in [2.75, 3.05) is 11.1 Å². The summed E-state index contributed by atoms with van der Waals surface area (Å²) in [5.74, 6) is 0.00951. The minimum atomic E-state index is -0.149. The maximum Gasteiger partial charge on any atom is 0.262 e. The van der Waals surface area contributed by atoms with Crippen LogP contribution in [0.4, 0.5) is 5.13 Å². The van der Waals surface area contributed by atoms with Crippen LogP contribution in [0.25, 0.3) is 10.9 Å². The minimum Gasteiger partial charge on any atom is -0.301 e. The number of hydrogen-bond acceptors (Lipinski definition) is 6. The number of thiazole rings is 1. The van der Waals surface area contributed by atoms with Gasteiger partial charge in [0.2, 0.25) is 5.91 Å². The number of thioether (sulfide) groups is 1. The summed E-state index contributed by atoms with van der Waals surface area (Å²) >= 11 is 2.81. The smallest absolute Gasteiger partial charge is 0.262 e. The van der Waals surface area contributed by atoms with Gasteiger partial charge in [-0.25, -0.2) is 9.97 Å². The van der Waals surface area contributed by atoms with Crippen LogP contribution in [0.3, 0.4) is 0 Å². The highest BCUT2D eigenvalue weighted by molar-refractivity contribution is 7.99. The van der Waals surface area contributed by atoms with Gasteiger partial charge in [-0.3, -0.25) is 14.2 Å². The Kier molecular flexibility index (Phi) is 5.59. The first-order valence-corrected chi connectivity index (χ1v) is 11.0. The van der Waals surface area contributed by atoms with E-state index in [1.165, 1.54) is 23.1 Å². The first kappa shape index (κ1) is 18.9. The lowest BCUT2D eigenvalue weighted by atomic mass is 10.0. The number of aromatic nitrogens is 3. The number of amides is 1. The third-order valence-corrected chi connectivity index (χ3v) is 6.61. The van der Waals surface area contributed by atoms with Gasteiger partial charge in [-0.05, 0) is 37.8 Å². The van der Waals surface area contributed by atoms with Gasteiger partial charge < -0.3 is 5.32 Å². The number of carbonyl (C=O) groups excluding carboxylic acids is 1. The molecule has 0 fully saturated rings. The van der Waals surface area contributed by atoms with E-state index in [0.717, 1.165) is 25.0 Å². The average molecular weight is 413 g/mol. The van der Waals surface area contributed by atoms with E-state index >= 15 is 0 Å². The largest absolute Gasteiger partial charge is 0.301 e. The van der Waals surface area contributed by atoms with Gasteiger partial charge >= 0.3 is 0 Å². The lowest BCUT2D eigenvalue weighted by Gasteiger charge is -2.11. The number of hydrogen-bond donors (Lipinski definition) is 1. The van der Waals surface area contributed by atoms with Crippen molar-refractivity contribution in [2.45, 2.75) is 37.4 Å². The Balaban J connectivity index is 1.50. The van der Waals surface area contributed by atoms with Crippen molar-refractivity contribution in [1.82, 2.24) is 14.5 Å². The van der Waals surface area contributed by atoms with Crippen molar-refractivity contribution in [3.05, 3.63) is 57.8 Å². The van der Waals surface area contributed by atoms with Gasteiger partial charge in [0.15, 0.2) is 10.3 Å². The number of carbonyl (C=O) groups is 1. The molecule has 0 aliphatic heterocycles. The Morgan fingerprint density at radius 1 is 1.29 bits per heavy atom. The molecule has 8 heteroatoms. The normalized spacial score (nSPS) is 13.3. The first-order chi connectivity index (χ1) is 13.7. The molecular formula is C20H20N4O2S2. The second kappa shape index (κ2) is 8.28. The molecular weight excluding hydrogens is 392 g/mol. The van der Waals surface area contributed by atoms with Crippen LogP contribution in [0.15, 0.2) is 46.9 Å². The fourth-order valence-corrected chi connectivity index (χ4v) is 5.11. The average Bonchev–Trinajstić information content (AvgIpc) is 3.11. The predicted octanol–water partition coefficient (Wildman–Crippen LogP) is 3.65. The van der Waals surface area contributed by atoms with Gasteiger partial charge in [0, 0.05) is 11.4 Å². The van der Waals surface area contributed by atoms with Crippen LogP contribution in [0, 0.1) is 0 Å². The van der Waals surface area contributed by atoms with E-state index in [9.17, 15) is 9.59 Å². The lowest BCUT2D eigenvalue weighted by molar-refractivity contribution is -0.113. The van der Waals surface area contributed by atoms with Crippen LogP contribution in [0.5, 0.6) is 0 Å². The number of anilines is 1. The SMILES string of the molecule is C=CCn1c(SCC(=O)Nc2nc3c(s2)CCCC3)nc2ccccc2c1=O. The van der Waals surface area contributed by atoms with Crippen LogP contribution >= 0.6 is 23.1 Å². The Hall–Kier alpha value is -2.45. The van der Waals surface area contributed by atoms with Crippen molar-refractivity contribution in [1.29, 1.82) is 0 Å². The lowest BCUT2D eigenvalue weighted by Crippen LogP contribution is -2.23. The fourth-order valence-electron chi connectivity index (χ4n) is 3.24. The molecule has 3 aromatic rings. The summed E-state index contributed by atoms with van der Waals surface area (Å²) in [7, 11) is 0. The molecule has 2 aromatic heterocycles. The zero-order valence-corrected chi connectivity index (χ0v) is 16.9. The fraction of sp³-hybridized carbons (Fsp3) is 0.300. The summed E-state index contributed by atoms with van der Waals surface area (Å²) in [6, 6.07) is 7.23. The van der Waals surface area contributed by atoms with Gasteiger partial charge in [0.25, 0.3) is 5.56 Å². The highest BCUT2D eigenvalue weighted by Crippen LogP contribution is 2.29. The highest BCUT2D eigenvalue weighted by atomic mass is 32.2. The molecule has 1 aliphatic rings. The van der Waals surface area contributed by atoms with E-state index in [-0.39, 0.29) is 17.2 Å². The molecule has 0 atom stereocenters.